The summed E-state index contributed by atoms with van der Waals surface area (Å²) < 4.78 is 11.7. The Labute approximate surface area is 126 Å². The standard InChI is InChI=1S/C17H24NO3/c1-18-10-6-9-17(18,16(19)20-2)11-15(18)13-21-12-14-7-4-3-5-8-14/h3-5,7-8,15H,6,9-13H2,1-2H3/q+1/t15-,17+,18?/m0/s1. The number of methoxy groups -OCH3 is 1. The first-order valence-electron chi connectivity index (χ1n) is 7.68. The molecule has 1 aromatic carbocycles. The zero-order chi connectivity index (χ0) is 14.9. The fourth-order valence-electron chi connectivity index (χ4n) is 4.19. The Kier molecular flexibility index (Phi) is 3.76. The van der Waals surface area contributed by atoms with Crippen molar-refractivity contribution in [1.82, 2.24) is 0 Å². The van der Waals surface area contributed by atoms with Crippen LogP contribution in [0.1, 0.15) is 24.8 Å². The molecule has 2 aliphatic heterocycles. The molecule has 4 heteroatoms. The van der Waals surface area contributed by atoms with Gasteiger partial charge < -0.3 is 14.0 Å². The number of hydrogen-bond acceptors (Lipinski definition) is 3. The van der Waals surface area contributed by atoms with Gasteiger partial charge in [0.2, 0.25) is 5.54 Å². The van der Waals surface area contributed by atoms with Crippen LogP contribution in [-0.2, 0) is 20.9 Å². The van der Waals surface area contributed by atoms with Gasteiger partial charge in [-0.3, -0.25) is 0 Å². The van der Waals surface area contributed by atoms with E-state index in [0.29, 0.717) is 19.3 Å². The largest absolute Gasteiger partial charge is 0.464 e. The number of ether oxygens (including phenoxy) is 2. The van der Waals surface area contributed by atoms with Crippen molar-refractivity contribution in [3.63, 3.8) is 0 Å². The second-order valence-electron chi connectivity index (χ2n) is 6.48. The Morgan fingerprint density at radius 3 is 2.86 bits per heavy atom. The lowest BCUT2D eigenvalue weighted by molar-refractivity contribution is -1.00. The lowest BCUT2D eigenvalue weighted by Gasteiger charge is -2.58. The molecule has 3 rings (SSSR count). The van der Waals surface area contributed by atoms with Crippen molar-refractivity contribution >= 4 is 5.97 Å². The molecule has 0 bridgehead atoms. The first-order valence-corrected chi connectivity index (χ1v) is 7.68. The minimum absolute atomic E-state index is 0.0400. The smallest absolute Gasteiger partial charge is 0.368 e. The minimum atomic E-state index is -0.296. The van der Waals surface area contributed by atoms with Crippen LogP contribution in [0.15, 0.2) is 30.3 Å². The highest BCUT2D eigenvalue weighted by molar-refractivity contribution is 5.80. The summed E-state index contributed by atoms with van der Waals surface area (Å²) in [5.41, 5.74) is 0.898. The van der Waals surface area contributed by atoms with E-state index in [0.717, 1.165) is 30.3 Å². The van der Waals surface area contributed by atoms with E-state index in [1.54, 1.807) is 0 Å². The van der Waals surface area contributed by atoms with E-state index in [1.807, 2.05) is 18.2 Å². The quantitative estimate of drug-likeness (QED) is 0.615. The summed E-state index contributed by atoms with van der Waals surface area (Å²) in [6.07, 6.45) is 2.94. The summed E-state index contributed by atoms with van der Waals surface area (Å²) in [6, 6.07) is 10.6. The molecule has 114 valence electrons. The molecule has 2 saturated heterocycles. The van der Waals surface area contributed by atoms with Gasteiger partial charge in [-0.15, -0.1) is 0 Å². The van der Waals surface area contributed by atoms with Crippen LogP contribution in [-0.4, -0.2) is 49.3 Å². The zero-order valence-electron chi connectivity index (χ0n) is 12.9. The topological polar surface area (TPSA) is 35.5 Å². The maximum Gasteiger partial charge on any atom is 0.368 e. The molecule has 3 atom stereocenters. The molecule has 0 saturated carbocycles. The summed E-state index contributed by atoms with van der Waals surface area (Å²) in [6.45, 7) is 2.40. The predicted octanol–water partition coefficient (Wildman–Crippen LogP) is 2.13. The van der Waals surface area contributed by atoms with Gasteiger partial charge in [0.25, 0.3) is 0 Å². The third-order valence-corrected chi connectivity index (χ3v) is 5.56. The van der Waals surface area contributed by atoms with Crippen LogP contribution in [0, 0.1) is 0 Å². The third kappa shape index (κ3) is 2.17. The molecule has 1 aromatic rings. The van der Waals surface area contributed by atoms with E-state index >= 15 is 0 Å². The number of rotatable bonds is 5. The van der Waals surface area contributed by atoms with E-state index in [-0.39, 0.29) is 11.5 Å². The summed E-state index contributed by atoms with van der Waals surface area (Å²) in [7, 11) is 3.68. The maximum absolute atomic E-state index is 12.2. The third-order valence-electron chi connectivity index (χ3n) is 5.56. The second-order valence-corrected chi connectivity index (χ2v) is 6.48. The highest BCUT2D eigenvalue weighted by atomic mass is 16.5. The molecule has 0 amide bonds. The minimum Gasteiger partial charge on any atom is -0.464 e. The van der Waals surface area contributed by atoms with Crippen molar-refractivity contribution in [1.29, 1.82) is 0 Å². The maximum atomic E-state index is 12.2. The number of likely N-dealkylation sites (N-methyl/N-ethyl adjacent to an activating group) is 1. The normalized spacial score (nSPS) is 34.1. The average molecular weight is 290 g/mol. The Bertz CT molecular complexity index is 518. The van der Waals surface area contributed by atoms with E-state index in [9.17, 15) is 4.79 Å². The lowest BCUT2D eigenvalue weighted by atomic mass is 9.76. The number of esters is 1. The van der Waals surface area contributed by atoms with Crippen molar-refractivity contribution in [2.75, 3.05) is 27.3 Å². The van der Waals surface area contributed by atoms with E-state index in [1.165, 1.54) is 12.7 Å². The van der Waals surface area contributed by atoms with Crippen LogP contribution in [0.5, 0.6) is 0 Å². The number of fused-ring (bicyclic) bond motifs is 1. The van der Waals surface area contributed by atoms with Crippen LogP contribution < -0.4 is 0 Å². The fraction of sp³-hybridized carbons (Fsp3) is 0.588. The molecule has 21 heavy (non-hydrogen) atoms. The van der Waals surface area contributed by atoms with Crippen molar-refractivity contribution in [3.05, 3.63) is 35.9 Å². The van der Waals surface area contributed by atoms with Crippen LogP contribution >= 0.6 is 0 Å². The molecule has 1 unspecified atom stereocenters. The van der Waals surface area contributed by atoms with Crippen LogP contribution in [0.25, 0.3) is 0 Å². The fourth-order valence-corrected chi connectivity index (χ4v) is 4.19. The van der Waals surface area contributed by atoms with Crippen LogP contribution in [0.3, 0.4) is 0 Å². The number of quaternary nitrogens is 1. The van der Waals surface area contributed by atoms with E-state index in [2.05, 4.69) is 19.2 Å². The second kappa shape index (κ2) is 5.43. The van der Waals surface area contributed by atoms with Crippen molar-refractivity contribution in [3.8, 4) is 0 Å². The average Bonchev–Trinajstić information content (AvgIpc) is 2.77. The summed E-state index contributed by atoms with van der Waals surface area (Å²) >= 11 is 0. The van der Waals surface area contributed by atoms with Crippen molar-refractivity contribution in [2.45, 2.75) is 37.5 Å². The van der Waals surface area contributed by atoms with E-state index < -0.39 is 0 Å². The molecule has 2 fully saturated rings. The molecule has 2 heterocycles. The Hall–Kier alpha value is -1.39. The van der Waals surface area contributed by atoms with Gasteiger partial charge in [0.05, 0.1) is 40.3 Å². The molecule has 0 aliphatic carbocycles. The zero-order valence-corrected chi connectivity index (χ0v) is 12.9. The summed E-state index contributed by atoms with van der Waals surface area (Å²) in [5.74, 6) is -0.0400. The highest BCUT2D eigenvalue weighted by Crippen LogP contribution is 2.52. The predicted molar refractivity (Wildman–Crippen MR) is 79.5 cm³/mol. The van der Waals surface area contributed by atoms with Gasteiger partial charge in [0.1, 0.15) is 6.04 Å². The molecule has 0 radical (unpaired) electrons. The first-order chi connectivity index (χ1) is 10.1. The molecule has 2 aliphatic rings. The number of hydrogen-bond donors (Lipinski definition) is 0. The number of carbonyl (C=O) groups excluding carboxylic acids is 1. The van der Waals surface area contributed by atoms with Gasteiger partial charge >= 0.3 is 5.97 Å². The van der Waals surface area contributed by atoms with Crippen molar-refractivity contribution < 1.29 is 18.8 Å². The molecular weight excluding hydrogens is 266 g/mol. The van der Waals surface area contributed by atoms with Gasteiger partial charge in [-0.1, -0.05) is 30.3 Å². The molecule has 0 N–H and O–H groups in total. The Balaban J connectivity index is 1.58. The van der Waals surface area contributed by atoms with Gasteiger partial charge in [-0.2, -0.15) is 0 Å². The number of benzene rings is 1. The van der Waals surface area contributed by atoms with Gasteiger partial charge in [-0.25, -0.2) is 4.79 Å². The van der Waals surface area contributed by atoms with Gasteiger partial charge in [-0.05, 0) is 5.56 Å². The Morgan fingerprint density at radius 2 is 2.14 bits per heavy atom. The highest BCUT2D eigenvalue weighted by Gasteiger charge is 2.71. The SMILES string of the molecule is COC(=O)[C@]12CCC[N+]1(C)[C@H](COCc1ccccc1)C2. The van der Waals surface area contributed by atoms with Gasteiger partial charge in [0.15, 0.2) is 0 Å². The Morgan fingerprint density at radius 1 is 1.38 bits per heavy atom. The molecule has 0 aromatic heterocycles. The van der Waals surface area contributed by atoms with Crippen LogP contribution in [0.2, 0.25) is 0 Å². The molecular formula is C17H24NO3+. The number of carbonyl (C=O) groups is 1. The lowest BCUT2D eigenvalue weighted by Crippen LogP contribution is -2.78. The summed E-state index contributed by atoms with van der Waals surface area (Å²) in [4.78, 5) is 12.2. The summed E-state index contributed by atoms with van der Waals surface area (Å²) in [5, 5.41) is 0. The molecule has 4 nitrogen and oxygen atoms in total. The monoisotopic (exact) mass is 290 g/mol. The number of nitrogens with zero attached hydrogens (tertiary/aromatic N) is 1. The first kappa shape index (κ1) is 14.5. The van der Waals surface area contributed by atoms with Crippen LogP contribution in [0.4, 0.5) is 0 Å². The molecule has 0 spiro atoms. The van der Waals surface area contributed by atoms with Gasteiger partial charge in [0, 0.05) is 12.8 Å². The van der Waals surface area contributed by atoms with Crippen molar-refractivity contribution in [2.24, 2.45) is 0 Å². The van der Waals surface area contributed by atoms with E-state index in [4.69, 9.17) is 9.47 Å².